The van der Waals surface area contributed by atoms with Crippen molar-refractivity contribution in [1.29, 1.82) is 0 Å². The number of hydrogen-bond donors (Lipinski definition) is 2. The molecule has 1 aromatic rings. The van der Waals surface area contributed by atoms with Gasteiger partial charge in [-0.2, -0.15) is 0 Å². The molecule has 6 heteroatoms. The lowest BCUT2D eigenvalue weighted by Gasteiger charge is -2.01. The van der Waals surface area contributed by atoms with Crippen LogP contribution < -0.4 is 5.56 Å². The number of hydrogen-bond acceptors (Lipinski definition) is 2. The number of halogens is 3. The minimum Gasteiger partial charge on any atom is -0.507 e. The second-order valence-electron chi connectivity index (χ2n) is 2.05. The number of aromatic hydroxyl groups is 1. The molecule has 0 aliphatic heterocycles. The van der Waals surface area contributed by atoms with Crippen LogP contribution in [0.1, 0.15) is 12.0 Å². The molecule has 0 radical (unpaired) electrons. The summed E-state index contributed by atoms with van der Waals surface area (Å²) in [5, 5.41) is 8.94. The summed E-state index contributed by atoms with van der Waals surface area (Å²) < 4.78 is 24.4. The summed E-state index contributed by atoms with van der Waals surface area (Å²) in [4.78, 5) is 13.0. The van der Waals surface area contributed by atoms with Crippen molar-refractivity contribution in [3.05, 3.63) is 25.7 Å². The van der Waals surface area contributed by atoms with E-state index in [1.54, 1.807) is 22.6 Å². The summed E-state index contributed by atoms with van der Waals surface area (Å²) in [6.07, 6.45) is -2.95. The lowest BCUT2D eigenvalue weighted by atomic mass is 10.2. The molecule has 12 heavy (non-hydrogen) atoms. The van der Waals surface area contributed by atoms with Crippen molar-refractivity contribution in [2.45, 2.75) is 6.43 Å². The summed E-state index contributed by atoms with van der Waals surface area (Å²) in [5.41, 5.74) is -1.83. The van der Waals surface area contributed by atoms with Gasteiger partial charge in [-0.3, -0.25) is 4.79 Å². The van der Waals surface area contributed by atoms with E-state index in [1.807, 2.05) is 0 Å². The molecule has 0 aliphatic carbocycles. The van der Waals surface area contributed by atoms with Gasteiger partial charge in [-0.25, -0.2) is 8.78 Å². The van der Waals surface area contributed by atoms with E-state index in [-0.39, 0.29) is 0 Å². The normalized spacial score (nSPS) is 10.7. The maximum absolute atomic E-state index is 12.0. The maximum Gasteiger partial charge on any atom is 0.272 e. The number of rotatable bonds is 1. The first-order chi connectivity index (χ1) is 5.52. The minimum absolute atomic E-state index is 0.319. The maximum atomic E-state index is 12.0. The Morgan fingerprint density at radius 3 is 2.58 bits per heavy atom. The molecule has 0 bridgehead atoms. The molecule has 0 aliphatic rings. The molecule has 1 rings (SSSR count). The van der Waals surface area contributed by atoms with Gasteiger partial charge in [-0.1, -0.05) is 0 Å². The van der Waals surface area contributed by atoms with Gasteiger partial charge in [0.05, 0.1) is 3.70 Å². The molecule has 0 saturated carbocycles. The number of pyridine rings is 1. The Kier molecular flexibility index (Phi) is 2.65. The molecule has 0 atom stereocenters. The smallest absolute Gasteiger partial charge is 0.272 e. The number of aromatic nitrogens is 1. The van der Waals surface area contributed by atoms with Crippen LogP contribution in [0.25, 0.3) is 0 Å². The van der Waals surface area contributed by atoms with Crippen molar-refractivity contribution >= 4 is 22.6 Å². The first-order valence-corrected chi connectivity index (χ1v) is 4.00. The Morgan fingerprint density at radius 2 is 2.17 bits per heavy atom. The first kappa shape index (κ1) is 9.43. The topological polar surface area (TPSA) is 53.1 Å². The van der Waals surface area contributed by atoms with Gasteiger partial charge in [0.25, 0.3) is 12.0 Å². The van der Waals surface area contributed by atoms with Crippen molar-refractivity contribution in [2.24, 2.45) is 0 Å². The fraction of sp³-hybridized carbons (Fsp3) is 0.167. The van der Waals surface area contributed by atoms with Gasteiger partial charge in [0.15, 0.2) is 0 Å². The predicted octanol–water partition coefficient (Wildman–Crippen LogP) is 1.62. The Labute approximate surface area is 79.6 Å². The van der Waals surface area contributed by atoms with E-state index >= 15 is 0 Å². The molecular weight excluding hydrogens is 283 g/mol. The second-order valence-corrected chi connectivity index (χ2v) is 3.21. The molecule has 0 amide bonds. The van der Waals surface area contributed by atoms with E-state index in [0.29, 0.717) is 3.70 Å². The number of alkyl halides is 2. The van der Waals surface area contributed by atoms with Crippen molar-refractivity contribution in [1.82, 2.24) is 4.98 Å². The molecule has 1 heterocycles. The lowest BCUT2D eigenvalue weighted by molar-refractivity contribution is 0.145. The van der Waals surface area contributed by atoms with Crippen LogP contribution in [0.15, 0.2) is 10.9 Å². The summed E-state index contributed by atoms with van der Waals surface area (Å²) in [6.45, 7) is 0. The summed E-state index contributed by atoms with van der Waals surface area (Å²) in [6, 6.07) is 1.07. The zero-order chi connectivity index (χ0) is 9.30. The number of H-pyrrole nitrogens is 1. The van der Waals surface area contributed by atoms with Crippen LogP contribution in [-0.2, 0) is 0 Å². The third-order valence-corrected chi connectivity index (χ3v) is 1.82. The molecule has 2 N–H and O–H groups in total. The van der Waals surface area contributed by atoms with Crippen LogP contribution in [0.2, 0.25) is 0 Å². The molecule has 0 fully saturated rings. The van der Waals surface area contributed by atoms with Gasteiger partial charge in [-0.15, -0.1) is 0 Å². The molecule has 0 spiro atoms. The monoisotopic (exact) mass is 287 g/mol. The quantitative estimate of drug-likeness (QED) is 0.609. The van der Waals surface area contributed by atoms with Gasteiger partial charge in [0, 0.05) is 6.07 Å². The van der Waals surface area contributed by atoms with Crippen LogP contribution in [0.4, 0.5) is 8.78 Å². The molecular formula is C6H4F2INO2. The highest BCUT2D eigenvalue weighted by atomic mass is 127. The minimum atomic E-state index is -2.95. The van der Waals surface area contributed by atoms with Crippen molar-refractivity contribution in [3.8, 4) is 5.75 Å². The summed E-state index contributed by atoms with van der Waals surface area (Å²) in [5.74, 6) is -0.668. The van der Waals surface area contributed by atoms with E-state index in [1.165, 1.54) is 0 Å². The van der Waals surface area contributed by atoms with Crippen LogP contribution >= 0.6 is 22.6 Å². The highest BCUT2D eigenvalue weighted by Crippen LogP contribution is 2.24. The Balaban J connectivity index is 3.39. The second kappa shape index (κ2) is 3.38. The van der Waals surface area contributed by atoms with E-state index in [2.05, 4.69) is 4.98 Å². The van der Waals surface area contributed by atoms with Crippen LogP contribution in [-0.4, -0.2) is 10.1 Å². The fourth-order valence-corrected chi connectivity index (χ4v) is 1.28. The average Bonchev–Trinajstić information content (AvgIpc) is 1.82. The Morgan fingerprint density at radius 1 is 1.58 bits per heavy atom. The van der Waals surface area contributed by atoms with E-state index in [0.717, 1.165) is 6.07 Å². The lowest BCUT2D eigenvalue weighted by Crippen LogP contribution is -2.13. The highest BCUT2D eigenvalue weighted by molar-refractivity contribution is 14.1. The van der Waals surface area contributed by atoms with Crippen LogP contribution in [0, 0.1) is 3.70 Å². The van der Waals surface area contributed by atoms with Gasteiger partial charge in [-0.05, 0) is 22.6 Å². The van der Waals surface area contributed by atoms with Gasteiger partial charge in [0.2, 0.25) is 0 Å². The van der Waals surface area contributed by atoms with E-state index < -0.39 is 23.3 Å². The van der Waals surface area contributed by atoms with E-state index in [9.17, 15) is 13.6 Å². The third-order valence-electron chi connectivity index (χ3n) is 1.24. The van der Waals surface area contributed by atoms with Gasteiger partial charge < -0.3 is 10.1 Å². The summed E-state index contributed by atoms with van der Waals surface area (Å²) >= 11 is 1.71. The molecule has 0 aromatic carbocycles. The summed E-state index contributed by atoms with van der Waals surface area (Å²) in [7, 11) is 0. The van der Waals surface area contributed by atoms with Gasteiger partial charge in [0.1, 0.15) is 11.3 Å². The zero-order valence-corrected chi connectivity index (χ0v) is 7.80. The molecule has 0 saturated heterocycles. The molecule has 0 unspecified atom stereocenters. The van der Waals surface area contributed by atoms with Crippen molar-refractivity contribution in [2.75, 3.05) is 0 Å². The molecule has 66 valence electrons. The molecule has 1 aromatic heterocycles. The van der Waals surface area contributed by atoms with Crippen molar-refractivity contribution < 1.29 is 13.9 Å². The highest BCUT2D eigenvalue weighted by Gasteiger charge is 2.17. The largest absolute Gasteiger partial charge is 0.507 e. The predicted molar refractivity (Wildman–Crippen MR) is 46.4 cm³/mol. The van der Waals surface area contributed by atoms with Crippen LogP contribution in [0.3, 0.4) is 0 Å². The van der Waals surface area contributed by atoms with Gasteiger partial charge >= 0.3 is 0 Å². The van der Waals surface area contributed by atoms with Crippen molar-refractivity contribution in [3.63, 3.8) is 0 Å². The first-order valence-electron chi connectivity index (χ1n) is 2.92. The fourth-order valence-electron chi connectivity index (χ4n) is 0.737. The zero-order valence-electron chi connectivity index (χ0n) is 5.64. The van der Waals surface area contributed by atoms with E-state index in [4.69, 9.17) is 5.11 Å². The SMILES string of the molecule is O=c1[nH]c(I)cc(O)c1C(F)F. The Hall–Kier alpha value is -0.660. The number of nitrogens with one attached hydrogen (secondary N) is 1. The average molecular weight is 287 g/mol. The Bertz CT molecular complexity index is 350. The standard InChI is InChI=1S/C6H4F2INO2/c7-5(8)4-2(11)1-3(9)10-6(4)12/h1,5H,(H2,10,11,12). The van der Waals surface area contributed by atoms with Crippen LogP contribution in [0.5, 0.6) is 5.75 Å². The molecule has 3 nitrogen and oxygen atoms in total. The number of aromatic amines is 1. The third kappa shape index (κ3) is 1.74.